The average Bonchev–Trinajstić information content (AvgIpc) is 3.22. The fourth-order valence-corrected chi connectivity index (χ4v) is 4.32. The van der Waals surface area contributed by atoms with E-state index in [1.165, 1.54) is 6.42 Å². The normalized spacial score (nSPS) is 20.1. The van der Waals surface area contributed by atoms with Gasteiger partial charge in [-0.1, -0.05) is 43.0 Å². The minimum absolute atomic E-state index is 0.0323. The predicted molar refractivity (Wildman–Crippen MR) is 111 cm³/mol. The van der Waals surface area contributed by atoms with Gasteiger partial charge in [-0.15, -0.1) is 0 Å². The van der Waals surface area contributed by atoms with Gasteiger partial charge >= 0.3 is 0 Å². The van der Waals surface area contributed by atoms with Crippen LogP contribution in [0, 0.1) is 0 Å². The molecule has 1 amide bonds. The molecule has 4 rings (SSSR count). The van der Waals surface area contributed by atoms with Gasteiger partial charge in [0.1, 0.15) is 17.2 Å². The standard InChI is InChI=1S/C21H21ClN2O2S/c1-23-18(20(25)24(21(23)27)16-8-3-2-4-9-16)13-17-10-11-19(26-17)14-6-5-7-15(22)12-14/h5-7,10-13,16H,2-4,8-9H2,1H3/b18-13-. The third-order valence-corrected chi connectivity index (χ3v) is 5.95. The summed E-state index contributed by atoms with van der Waals surface area (Å²) < 4.78 is 5.92. The highest BCUT2D eigenvalue weighted by Gasteiger charge is 2.40. The second-order valence-electron chi connectivity index (χ2n) is 7.05. The largest absolute Gasteiger partial charge is 0.457 e. The maximum atomic E-state index is 13.0. The number of amides is 1. The van der Waals surface area contributed by atoms with Crippen LogP contribution in [0.1, 0.15) is 37.9 Å². The van der Waals surface area contributed by atoms with Gasteiger partial charge in [0, 0.05) is 29.8 Å². The van der Waals surface area contributed by atoms with Crippen molar-refractivity contribution in [2.24, 2.45) is 0 Å². The smallest absolute Gasteiger partial charge is 0.277 e. The number of benzene rings is 1. The van der Waals surface area contributed by atoms with Gasteiger partial charge in [-0.05, 0) is 49.3 Å². The molecule has 1 aliphatic carbocycles. The maximum absolute atomic E-state index is 13.0. The Hall–Kier alpha value is -2.11. The lowest BCUT2D eigenvalue weighted by Gasteiger charge is -2.30. The zero-order valence-corrected chi connectivity index (χ0v) is 16.7. The number of hydrogen-bond donors (Lipinski definition) is 0. The van der Waals surface area contributed by atoms with E-state index in [2.05, 4.69) is 0 Å². The van der Waals surface area contributed by atoms with Crippen molar-refractivity contribution in [1.82, 2.24) is 9.80 Å². The van der Waals surface area contributed by atoms with Crippen molar-refractivity contribution in [1.29, 1.82) is 0 Å². The van der Waals surface area contributed by atoms with Gasteiger partial charge in [-0.25, -0.2) is 0 Å². The van der Waals surface area contributed by atoms with Crippen LogP contribution < -0.4 is 0 Å². The van der Waals surface area contributed by atoms with Crippen LogP contribution in [0.25, 0.3) is 17.4 Å². The highest BCUT2D eigenvalue weighted by Crippen LogP contribution is 2.31. The van der Waals surface area contributed by atoms with Crippen LogP contribution in [0.4, 0.5) is 0 Å². The molecule has 0 N–H and O–H groups in total. The fourth-order valence-electron chi connectivity index (χ4n) is 3.80. The van der Waals surface area contributed by atoms with Crippen LogP contribution in [-0.2, 0) is 4.79 Å². The number of furan rings is 1. The zero-order chi connectivity index (χ0) is 19.0. The van der Waals surface area contributed by atoms with E-state index in [1.807, 2.05) is 43.4 Å². The maximum Gasteiger partial charge on any atom is 0.277 e. The Balaban J connectivity index is 1.60. The van der Waals surface area contributed by atoms with E-state index in [-0.39, 0.29) is 11.9 Å². The second-order valence-corrected chi connectivity index (χ2v) is 7.85. The van der Waals surface area contributed by atoms with Crippen molar-refractivity contribution in [3.8, 4) is 11.3 Å². The summed E-state index contributed by atoms with van der Waals surface area (Å²) in [5.74, 6) is 1.30. The summed E-state index contributed by atoms with van der Waals surface area (Å²) in [6, 6.07) is 11.5. The van der Waals surface area contributed by atoms with Crippen LogP contribution in [0.2, 0.25) is 5.02 Å². The number of carbonyl (C=O) groups is 1. The molecule has 2 fully saturated rings. The first-order chi connectivity index (χ1) is 13.0. The first kappa shape index (κ1) is 18.3. The summed E-state index contributed by atoms with van der Waals surface area (Å²) in [5.41, 5.74) is 1.45. The van der Waals surface area contributed by atoms with Crippen molar-refractivity contribution in [3.05, 3.63) is 52.9 Å². The fraction of sp³-hybridized carbons (Fsp3) is 0.333. The van der Waals surface area contributed by atoms with Crippen molar-refractivity contribution in [2.45, 2.75) is 38.1 Å². The number of nitrogens with zero attached hydrogens (tertiary/aromatic N) is 2. The third kappa shape index (κ3) is 3.54. The van der Waals surface area contributed by atoms with Crippen molar-refractivity contribution >= 4 is 40.9 Å². The molecule has 0 bridgehead atoms. The molecular weight excluding hydrogens is 380 g/mol. The van der Waals surface area contributed by atoms with E-state index in [9.17, 15) is 4.79 Å². The topological polar surface area (TPSA) is 36.7 Å². The molecule has 6 heteroatoms. The molecule has 0 spiro atoms. The number of halogens is 1. The molecule has 2 heterocycles. The number of likely N-dealkylation sites (N-methyl/N-ethyl adjacent to an activating group) is 1. The third-order valence-electron chi connectivity index (χ3n) is 5.25. The summed E-state index contributed by atoms with van der Waals surface area (Å²) in [6.45, 7) is 0. The minimum Gasteiger partial charge on any atom is -0.457 e. The van der Waals surface area contributed by atoms with Crippen LogP contribution >= 0.6 is 23.8 Å². The number of carbonyl (C=O) groups excluding carboxylic acids is 1. The number of thiocarbonyl (C=S) groups is 1. The molecule has 1 aromatic heterocycles. The molecule has 1 saturated carbocycles. The average molecular weight is 401 g/mol. The van der Waals surface area contributed by atoms with E-state index >= 15 is 0 Å². The Labute approximate surface area is 169 Å². The Morgan fingerprint density at radius 3 is 2.70 bits per heavy atom. The summed E-state index contributed by atoms with van der Waals surface area (Å²) in [4.78, 5) is 16.6. The van der Waals surface area contributed by atoms with E-state index < -0.39 is 0 Å². The molecule has 1 aliphatic heterocycles. The van der Waals surface area contributed by atoms with Crippen molar-refractivity contribution < 1.29 is 9.21 Å². The van der Waals surface area contributed by atoms with E-state index in [1.54, 1.807) is 15.9 Å². The first-order valence-electron chi connectivity index (χ1n) is 9.23. The lowest BCUT2D eigenvalue weighted by molar-refractivity contribution is -0.124. The van der Waals surface area contributed by atoms with Gasteiger partial charge < -0.3 is 9.32 Å². The summed E-state index contributed by atoms with van der Waals surface area (Å²) in [5, 5.41) is 1.24. The quantitative estimate of drug-likeness (QED) is 0.515. The Morgan fingerprint density at radius 1 is 1.19 bits per heavy atom. The molecule has 4 nitrogen and oxygen atoms in total. The molecule has 2 aromatic rings. The van der Waals surface area contributed by atoms with Gasteiger partial charge in [-0.3, -0.25) is 9.69 Å². The highest BCUT2D eigenvalue weighted by molar-refractivity contribution is 7.80. The second kappa shape index (κ2) is 7.49. The summed E-state index contributed by atoms with van der Waals surface area (Å²) in [6.07, 6.45) is 7.36. The van der Waals surface area contributed by atoms with E-state index in [0.29, 0.717) is 27.4 Å². The molecule has 1 saturated heterocycles. The Morgan fingerprint density at radius 2 is 1.96 bits per heavy atom. The van der Waals surface area contributed by atoms with Gasteiger partial charge in [0.25, 0.3) is 5.91 Å². The SMILES string of the molecule is CN1C(=S)N(C2CCCCC2)C(=O)/C1=C/c1ccc(-c2cccc(Cl)c2)o1. The lowest BCUT2D eigenvalue weighted by Crippen LogP contribution is -2.41. The van der Waals surface area contributed by atoms with Gasteiger partial charge in [0.2, 0.25) is 0 Å². The van der Waals surface area contributed by atoms with Crippen LogP contribution in [-0.4, -0.2) is 33.9 Å². The molecule has 0 radical (unpaired) electrons. The molecule has 27 heavy (non-hydrogen) atoms. The van der Waals surface area contributed by atoms with E-state index in [0.717, 1.165) is 31.2 Å². The van der Waals surface area contributed by atoms with Crippen LogP contribution in [0.3, 0.4) is 0 Å². The van der Waals surface area contributed by atoms with Crippen molar-refractivity contribution in [3.63, 3.8) is 0 Å². The minimum atomic E-state index is -0.0323. The Bertz CT molecular complexity index is 914. The van der Waals surface area contributed by atoms with Crippen molar-refractivity contribution in [2.75, 3.05) is 7.05 Å². The monoisotopic (exact) mass is 400 g/mol. The Kier molecular flexibility index (Phi) is 5.06. The molecule has 0 atom stereocenters. The highest BCUT2D eigenvalue weighted by atomic mass is 35.5. The predicted octanol–water partition coefficient (Wildman–Crippen LogP) is 5.33. The number of hydrogen-bond acceptors (Lipinski definition) is 3. The van der Waals surface area contributed by atoms with Gasteiger partial charge in [0.15, 0.2) is 5.11 Å². The lowest BCUT2D eigenvalue weighted by atomic mass is 9.94. The van der Waals surface area contributed by atoms with Crippen LogP contribution in [0.15, 0.2) is 46.5 Å². The molecule has 2 aliphatic rings. The first-order valence-corrected chi connectivity index (χ1v) is 10.0. The van der Waals surface area contributed by atoms with Gasteiger partial charge in [0.05, 0.1) is 0 Å². The van der Waals surface area contributed by atoms with E-state index in [4.69, 9.17) is 28.2 Å². The number of rotatable bonds is 3. The van der Waals surface area contributed by atoms with Gasteiger partial charge in [-0.2, -0.15) is 0 Å². The zero-order valence-electron chi connectivity index (χ0n) is 15.2. The molecular formula is C21H21ClN2O2S. The molecule has 140 valence electrons. The molecule has 1 aromatic carbocycles. The summed E-state index contributed by atoms with van der Waals surface area (Å²) in [7, 11) is 1.84. The van der Waals surface area contributed by atoms with Crippen LogP contribution in [0.5, 0.6) is 0 Å². The summed E-state index contributed by atoms with van der Waals surface area (Å²) >= 11 is 11.6. The molecule has 0 unspecified atom stereocenters.